The molecule has 0 aliphatic carbocycles. The molecule has 0 fully saturated rings. The van der Waals surface area contributed by atoms with E-state index in [9.17, 15) is 14.9 Å². The van der Waals surface area contributed by atoms with E-state index in [0.717, 1.165) is 0 Å². The minimum Gasteiger partial charge on any atom is -0.383 e. The minimum atomic E-state index is -0.525. The van der Waals surface area contributed by atoms with Gasteiger partial charge in [-0.1, -0.05) is 6.07 Å². The highest BCUT2D eigenvalue weighted by Crippen LogP contribution is 2.26. The first-order valence-electron chi connectivity index (χ1n) is 7.47. The molecule has 0 aromatic heterocycles. The maximum Gasteiger partial charge on any atom is 0.292 e. The van der Waals surface area contributed by atoms with E-state index in [2.05, 4.69) is 10.6 Å². The zero-order valence-corrected chi connectivity index (χ0v) is 13.7. The van der Waals surface area contributed by atoms with Crippen molar-refractivity contribution in [3.05, 3.63) is 39.4 Å². The van der Waals surface area contributed by atoms with Gasteiger partial charge in [0.1, 0.15) is 17.3 Å². The van der Waals surface area contributed by atoms with Crippen molar-refractivity contribution < 1.29 is 14.5 Å². The molecule has 1 amide bonds. The zero-order valence-electron chi connectivity index (χ0n) is 13.7. The van der Waals surface area contributed by atoms with E-state index >= 15 is 0 Å². The van der Waals surface area contributed by atoms with E-state index < -0.39 is 10.8 Å². The van der Waals surface area contributed by atoms with Gasteiger partial charge < -0.3 is 15.4 Å². The van der Waals surface area contributed by atoms with Crippen LogP contribution in [-0.4, -0.2) is 37.6 Å². The Balaban J connectivity index is 2.84. The molecular formula is C16H20N4O4. The molecule has 128 valence electrons. The van der Waals surface area contributed by atoms with E-state index in [0.29, 0.717) is 37.4 Å². The van der Waals surface area contributed by atoms with Crippen molar-refractivity contribution in [2.45, 2.75) is 13.3 Å². The quantitative estimate of drug-likeness (QED) is 0.235. The average molecular weight is 332 g/mol. The summed E-state index contributed by atoms with van der Waals surface area (Å²) in [5.41, 5.74) is 0.524. The van der Waals surface area contributed by atoms with Gasteiger partial charge in [0.2, 0.25) is 0 Å². The number of carbonyl (C=O) groups is 1. The zero-order chi connectivity index (χ0) is 17.9. The van der Waals surface area contributed by atoms with Crippen molar-refractivity contribution in [3.8, 4) is 6.07 Å². The van der Waals surface area contributed by atoms with Crippen molar-refractivity contribution in [1.29, 1.82) is 5.26 Å². The van der Waals surface area contributed by atoms with Crippen LogP contribution in [0.2, 0.25) is 0 Å². The van der Waals surface area contributed by atoms with Crippen LogP contribution in [0.3, 0.4) is 0 Å². The number of nitrogens with zero attached hydrogens (tertiary/aromatic N) is 2. The third-order valence-corrected chi connectivity index (χ3v) is 3.12. The Kier molecular flexibility index (Phi) is 7.94. The predicted octanol–water partition coefficient (Wildman–Crippen LogP) is 2.09. The summed E-state index contributed by atoms with van der Waals surface area (Å²) >= 11 is 0. The van der Waals surface area contributed by atoms with Gasteiger partial charge in [0, 0.05) is 32.9 Å². The molecule has 1 aromatic carbocycles. The second-order valence-electron chi connectivity index (χ2n) is 4.76. The lowest BCUT2D eigenvalue weighted by Crippen LogP contribution is -2.26. The Morgan fingerprint density at radius 1 is 1.50 bits per heavy atom. The van der Waals surface area contributed by atoms with Gasteiger partial charge in [0.15, 0.2) is 0 Å². The topological polar surface area (TPSA) is 117 Å². The van der Waals surface area contributed by atoms with Crippen molar-refractivity contribution in [3.63, 3.8) is 0 Å². The van der Waals surface area contributed by atoms with Crippen molar-refractivity contribution >= 4 is 23.4 Å². The lowest BCUT2D eigenvalue weighted by molar-refractivity contribution is -0.384. The molecule has 0 aliphatic rings. The molecule has 2 N–H and O–H groups in total. The second-order valence-corrected chi connectivity index (χ2v) is 4.76. The molecule has 0 aliphatic heterocycles. The first-order chi connectivity index (χ1) is 11.5. The molecule has 0 radical (unpaired) electrons. The van der Waals surface area contributed by atoms with Crippen LogP contribution in [0.1, 0.15) is 18.9 Å². The number of hydrogen-bond donors (Lipinski definition) is 2. The molecule has 1 aromatic rings. The summed E-state index contributed by atoms with van der Waals surface area (Å²) in [7, 11) is 1.58. The van der Waals surface area contributed by atoms with Crippen LogP contribution in [0, 0.1) is 21.4 Å². The monoisotopic (exact) mass is 332 g/mol. The van der Waals surface area contributed by atoms with Gasteiger partial charge in [0.05, 0.1) is 4.92 Å². The number of hydrogen-bond acceptors (Lipinski definition) is 6. The van der Waals surface area contributed by atoms with Gasteiger partial charge in [0.25, 0.3) is 11.6 Å². The van der Waals surface area contributed by atoms with Crippen LogP contribution in [0.15, 0.2) is 23.8 Å². The van der Waals surface area contributed by atoms with Crippen molar-refractivity contribution in [1.82, 2.24) is 5.32 Å². The Hall–Kier alpha value is -2.92. The number of rotatable bonds is 9. The molecule has 0 saturated carbocycles. The fourth-order valence-electron chi connectivity index (χ4n) is 1.93. The Labute approximate surface area is 140 Å². The van der Waals surface area contributed by atoms with Gasteiger partial charge >= 0.3 is 0 Å². The SMILES string of the molecule is CCOCCCNC(=O)/C(C#N)=C/c1ccc(NC)c([N+](=O)[O-])c1. The Morgan fingerprint density at radius 2 is 2.25 bits per heavy atom. The highest BCUT2D eigenvalue weighted by Gasteiger charge is 2.14. The first-order valence-corrected chi connectivity index (χ1v) is 7.47. The summed E-state index contributed by atoms with van der Waals surface area (Å²) in [5, 5.41) is 25.5. The van der Waals surface area contributed by atoms with E-state index in [1.165, 1.54) is 18.2 Å². The molecule has 8 nitrogen and oxygen atoms in total. The summed E-state index contributed by atoms with van der Waals surface area (Å²) in [4.78, 5) is 22.5. The molecule has 24 heavy (non-hydrogen) atoms. The normalized spacial score (nSPS) is 10.8. The second kappa shape index (κ2) is 9.97. The highest BCUT2D eigenvalue weighted by molar-refractivity contribution is 6.01. The maximum absolute atomic E-state index is 12.0. The lowest BCUT2D eigenvalue weighted by Gasteiger charge is -2.05. The number of nitrogens with one attached hydrogen (secondary N) is 2. The van der Waals surface area contributed by atoms with Crippen LogP contribution in [0.25, 0.3) is 6.08 Å². The van der Waals surface area contributed by atoms with Crippen LogP contribution < -0.4 is 10.6 Å². The average Bonchev–Trinajstić information content (AvgIpc) is 2.58. The fraction of sp³-hybridized carbons (Fsp3) is 0.375. The maximum atomic E-state index is 12.0. The predicted molar refractivity (Wildman–Crippen MR) is 90.4 cm³/mol. The number of nitriles is 1. The van der Waals surface area contributed by atoms with E-state index in [4.69, 9.17) is 10.00 Å². The lowest BCUT2D eigenvalue weighted by atomic mass is 10.1. The molecule has 0 atom stereocenters. The van der Waals surface area contributed by atoms with Crippen LogP contribution in [0.4, 0.5) is 11.4 Å². The van der Waals surface area contributed by atoms with E-state index in [1.807, 2.05) is 13.0 Å². The summed E-state index contributed by atoms with van der Waals surface area (Å²) in [6.07, 6.45) is 1.96. The molecule has 0 saturated heterocycles. The number of nitro benzene ring substituents is 1. The van der Waals surface area contributed by atoms with Gasteiger partial charge in [-0.25, -0.2) is 0 Å². The number of ether oxygens (including phenoxy) is 1. The summed E-state index contributed by atoms with van der Waals surface area (Å²) in [6, 6.07) is 6.25. The van der Waals surface area contributed by atoms with E-state index in [1.54, 1.807) is 13.1 Å². The van der Waals surface area contributed by atoms with Crippen LogP contribution in [-0.2, 0) is 9.53 Å². The molecule has 0 bridgehead atoms. The third-order valence-electron chi connectivity index (χ3n) is 3.12. The Bertz CT molecular complexity index is 665. The third kappa shape index (κ3) is 5.70. The van der Waals surface area contributed by atoms with Crippen LogP contribution in [0.5, 0.6) is 0 Å². The molecular weight excluding hydrogens is 312 g/mol. The van der Waals surface area contributed by atoms with Gasteiger partial charge in [-0.2, -0.15) is 5.26 Å². The minimum absolute atomic E-state index is 0.113. The van der Waals surface area contributed by atoms with Crippen LogP contribution >= 0.6 is 0 Å². The fourth-order valence-corrected chi connectivity index (χ4v) is 1.93. The van der Waals surface area contributed by atoms with E-state index in [-0.39, 0.29) is 11.3 Å². The number of anilines is 1. The van der Waals surface area contributed by atoms with Gasteiger partial charge in [-0.3, -0.25) is 14.9 Å². The Morgan fingerprint density at radius 3 is 2.83 bits per heavy atom. The molecule has 1 rings (SSSR count). The first kappa shape index (κ1) is 19.1. The number of amides is 1. The van der Waals surface area contributed by atoms with Crippen molar-refractivity contribution in [2.75, 3.05) is 32.1 Å². The molecule has 0 heterocycles. The smallest absolute Gasteiger partial charge is 0.292 e. The largest absolute Gasteiger partial charge is 0.383 e. The number of benzene rings is 1. The van der Waals surface area contributed by atoms with Gasteiger partial charge in [-0.15, -0.1) is 0 Å². The summed E-state index contributed by atoms with van der Waals surface area (Å²) in [5.74, 6) is -0.519. The molecule has 8 heteroatoms. The number of carbonyl (C=O) groups excluding carboxylic acids is 1. The number of nitro groups is 1. The summed E-state index contributed by atoms with van der Waals surface area (Å²) < 4.78 is 5.15. The summed E-state index contributed by atoms with van der Waals surface area (Å²) in [6.45, 7) is 3.41. The van der Waals surface area contributed by atoms with Gasteiger partial charge in [-0.05, 0) is 31.1 Å². The highest BCUT2D eigenvalue weighted by atomic mass is 16.6. The molecule has 0 unspecified atom stereocenters. The molecule has 0 spiro atoms. The van der Waals surface area contributed by atoms with Crippen molar-refractivity contribution in [2.24, 2.45) is 0 Å². The standard InChI is InChI=1S/C16H20N4O4/c1-3-24-8-4-7-19-16(21)13(11-17)9-12-5-6-14(18-2)15(10-12)20(22)23/h5-6,9-10,18H,3-4,7-8H2,1-2H3,(H,19,21)/b13-9+.